The first kappa shape index (κ1) is 14.9. The number of para-hydroxylation sites is 1. The fourth-order valence-corrected chi connectivity index (χ4v) is 1.97. The van der Waals surface area contributed by atoms with Gasteiger partial charge in [0.15, 0.2) is 5.82 Å². The fourth-order valence-electron chi connectivity index (χ4n) is 1.97. The van der Waals surface area contributed by atoms with Crippen LogP contribution in [-0.2, 0) is 0 Å². The number of benzene rings is 1. The Morgan fingerprint density at radius 3 is 2.35 bits per heavy atom. The molecule has 0 atom stereocenters. The zero-order valence-electron chi connectivity index (χ0n) is 12.4. The van der Waals surface area contributed by atoms with Gasteiger partial charge in [0.2, 0.25) is 5.95 Å². The van der Waals surface area contributed by atoms with Crippen molar-refractivity contribution in [3.05, 3.63) is 53.4 Å². The minimum Gasteiger partial charge on any atom is -0.360 e. The minimum absolute atomic E-state index is 0.0664. The summed E-state index contributed by atoms with van der Waals surface area (Å²) in [5, 5.41) is 9.29. The van der Waals surface area contributed by atoms with E-state index in [4.69, 9.17) is 4.52 Å². The topological polar surface area (TPSA) is 75.9 Å². The summed E-state index contributed by atoms with van der Waals surface area (Å²) in [4.78, 5) is 8.29. The maximum Gasteiger partial charge on any atom is 0.229 e. The Morgan fingerprint density at radius 1 is 0.957 bits per heavy atom. The van der Waals surface area contributed by atoms with Gasteiger partial charge in [0.1, 0.15) is 28.9 Å². The molecule has 0 amide bonds. The van der Waals surface area contributed by atoms with Gasteiger partial charge in [-0.1, -0.05) is 11.2 Å². The number of nitrogens with one attached hydrogen (secondary N) is 2. The average molecular weight is 317 g/mol. The van der Waals surface area contributed by atoms with Gasteiger partial charge in [0.05, 0.1) is 0 Å². The number of halogens is 2. The van der Waals surface area contributed by atoms with E-state index in [0.717, 1.165) is 12.1 Å². The molecular formula is C15H13F2N5O. The predicted octanol–water partition coefficient (Wildman–Crippen LogP) is 3.85. The smallest absolute Gasteiger partial charge is 0.229 e. The molecule has 8 heteroatoms. The molecule has 2 aromatic heterocycles. The largest absolute Gasteiger partial charge is 0.360 e. The lowest BCUT2D eigenvalue weighted by Crippen LogP contribution is -2.05. The van der Waals surface area contributed by atoms with Crippen LogP contribution in [0, 0.1) is 25.5 Å². The number of hydrogen-bond acceptors (Lipinski definition) is 6. The van der Waals surface area contributed by atoms with E-state index in [1.807, 2.05) is 0 Å². The second-order valence-corrected chi connectivity index (χ2v) is 4.89. The Labute approximate surface area is 130 Å². The minimum atomic E-state index is -0.725. The quantitative estimate of drug-likeness (QED) is 0.761. The molecule has 23 heavy (non-hydrogen) atoms. The normalized spacial score (nSPS) is 10.6. The van der Waals surface area contributed by atoms with E-state index in [1.54, 1.807) is 26.0 Å². The number of hydrogen-bond donors (Lipinski definition) is 2. The highest BCUT2D eigenvalue weighted by atomic mass is 19.1. The van der Waals surface area contributed by atoms with Crippen LogP contribution in [-0.4, -0.2) is 15.1 Å². The lowest BCUT2D eigenvalue weighted by atomic mass is 10.3. The number of aryl methyl sites for hydroxylation is 2. The molecule has 2 N–H and O–H groups in total. The van der Waals surface area contributed by atoms with Gasteiger partial charge in [0.25, 0.3) is 0 Å². The molecule has 0 radical (unpaired) electrons. The highest BCUT2D eigenvalue weighted by Crippen LogP contribution is 2.23. The van der Waals surface area contributed by atoms with Crippen molar-refractivity contribution >= 4 is 23.3 Å². The Hall–Kier alpha value is -3.03. The van der Waals surface area contributed by atoms with Gasteiger partial charge in [-0.25, -0.2) is 13.8 Å². The standard InChI is InChI=1S/C15H13F2N5O/c1-8-6-12(19-13-7-9(2)23-22-13)20-15(18-8)21-14-10(16)4-3-5-11(14)17/h3-7H,1-2H3,(H2,18,19,20,21,22). The van der Waals surface area contributed by atoms with Crippen molar-refractivity contribution in [3.8, 4) is 0 Å². The molecule has 0 spiro atoms. The molecular weight excluding hydrogens is 304 g/mol. The van der Waals surface area contributed by atoms with E-state index >= 15 is 0 Å². The van der Waals surface area contributed by atoms with Crippen molar-refractivity contribution in [1.82, 2.24) is 15.1 Å². The maximum absolute atomic E-state index is 13.7. The van der Waals surface area contributed by atoms with E-state index in [-0.39, 0.29) is 11.6 Å². The summed E-state index contributed by atoms with van der Waals surface area (Å²) in [7, 11) is 0. The van der Waals surface area contributed by atoms with Crippen LogP contribution in [0.15, 0.2) is 34.9 Å². The highest BCUT2D eigenvalue weighted by Gasteiger charge is 2.11. The zero-order valence-corrected chi connectivity index (χ0v) is 12.4. The van der Waals surface area contributed by atoms with E-state index in [9.17, 15) is 8.78 Å². The van der Waals surface area contributed by atoms with E-state index in [0.29, 0.717) is 23.1 Å². The maximum atomic E-state index is 13.7. The molecule has 1 aromatic carbocycles. The van der Waals surface area contributed by atoms with E-state index < -0.39 is 11.6 Å². The summed E-state index contributed by atoms with van der Waals surface area (Å²) in [6, 6.07) is 6.96. The Kier molecular flexibility index (Phi) is 3.88. The van der Waals surface area contributed by atoms with Crippen LogP contribution in [0.2, 0.25) is 0 Å². The van der Waals surface area contributed by atoms with E-state index in [1.165, 1.54) is 6.07 Å². The number of anilines is 4. The van der Waals surface area contributed by atoms with Crippen LogP contribution in [0.1, 0.15) is 11.5 Å². The van der Waals surface area contributed by atoms with E-state index in [2.05, 4.69) is 25.8 Å². The molecule has 0 bridgehead atoms. The molecule has 0 aliphatic carbocycles. The van der Waals surface area contributed by atoms with Crippen molar-refractivity contribution in [2.75, 3.05) is 10.6 Å². The van der Waals surface area contributed by atoms with Gasteiger partial charge >= 0.3 is 0 Å². The summed E-state index contributed by atoms with van der Waals surface area (Å²) in [5.41, 5.74) is 0.309. The van der Waals surface area contributed by atoms with Crippen LogP contribution in [0.25, 0.3) is 0 Å². The summed E-state index contributed by atoms with van der Waals surface area (Å²) in [6.07, 6.45) is 0. The predicted molar refractivity (Wildman–Crippen MR) is 80.9 cm³/mol. The average Bonchev–Trinajstić information content (AvgIpc) is 2.88. The van der Waals surface area contributed by atoms with Gasteiger partial charge in [-0.2, -0.15) is 4.98 Å². The second kappa shape index (κ2) is 5.99. The molecule has 0 saturated carbocycles. The van der Waals surface area contributed by atoms with Crippen molar-refractivity contribution in [1.29, 1.82) is 0 Å². The first-order valence-corrected chi connectivity index (χ1v) is 6.78. The van der Waals surface area contributed by atoms with Gasteiger partial charge in [-0.15, -0.1) is 0 Å². The Morgan fingerprint density at radius 2 is 1.70 bits per heavy atom. The first-order valence-electron chi connectivity index (χ1n) is 6.78. The molecule has 3 aromatic rings. The molecule has 0 unspecified atom stereocenters. The molecule has 3 rings (SSSR count). The molecule has 0 aliphatic heterocycles. The van der Waals surface area contributed by atoms with Crippen molar-refractivity contribution in [3.63, 3.8) is 0 Å². The van der Waals surface area contributed by atoms with Gasteiger partial charge in [0, 0.05) is 17.8 Å². The molecule has 6 nitrogen and oxygen atoms in total. The Balaban J connectivity index is 1.88. The number of aromatic nitrogens is 3. The zero-order chi connectivity index (χ0) is 16.4. The van der Waals surface area contributed by atoms with Crippen molar-refractivity contribution < 1.29 is 13.3 Å². The summed E-state index contributed by atoms with van der Waals surface area (Å²) >= 11 is 0. The molecule has 0 aliphatic rings. The van der Waals surface area contributed by atoms with Gasteiger partial charge in [-0.3, -0.25) is 0 Å². The van der Waals surface area contributed by atoms with Crippen LogP contribution in [0.4, 0.5) is 32.1 Å². The molecule has 118 valence electrons. The lowest BCUT2D eigenvalue weighted by molar-refractivity contribution is 0.400. The van der Waals surface area contributed by atoms with Crippen molar-refractivity contribution in [2.24, 2.45) is 0 Å². The highest BCUT2D eigenvalue weighted by molar-refractivity contribution is 5.59. The first-order chi connectivity index (χ1) is 11.0. The van der Waals surface area contributed by atoms with Crippen LogP contribution < -0.4 is 10.6 Å². The number of nitrogens with zero attached hydrogens (tertiary/aromatic N) is 3. The third-order valence-corrected chi connectivity index (χ3v) is 2.94. The summed E-state index contributed by atoms with van der Waals surface area (Å²) in [5.74, 6) is 0.156. The molecule has 2 heterocycles. The van der Waals surface area contributed by atoms with Gasteiger partial charge in [-0.05, 0) is 26.0 Å². The van der Waals surface area contributed by atoms with Crippen LogP contribution in [0.3, 0.4) is 0 Å². The van der Waals surface area contributed by atoms with Gasteiger partial charge < -0.3 is 15.2 Å². The second-order valence-electron chi connectivity index (χ2n) is 4.89. The third kappa shape index (κ3) is 3.42. The fraction of sp³-hybridized carbons (Fsp3) is 0.133. The number of rotatable bonds is 4. The van der Waals surface area contributed by atoms with Crippen LogP contribution in [0.5, 0.6) is 0 Å². The molecule has 0 fully saturated rings. The Bertz CT molecular complexity index is 829. The van der Waals surface area contributed by atoms with Crippen LogP contribution >= 0.6 is 0 Å². The third-order valence-electron chi connectivity index (χ3n) is 2.94. The van der Waals surface area contributed by atoms with Crippen molar-refractivity contribution in [2.45, 2.75) is 13.8 Å². The monoisotopic (exact) mass is 317 g/mol. The summed E-state index contributed by atoms with van der Waals surface area (Å²) in [6.45, 7) is 3.50. The SMILES string of the molecule is Cc1cc(Nc2cc(C)on2)nc(Nc2c(F)cccc2F)n1. The lowest BCUT2D eigenvalue weighted by Gasteiger charge is -2.09. The molecule has 0 saturated heterocycles. The summed E-state index contributed by atoms with van der Waals surface area (Å²) < 4.78 is 32.3.